The Hall–Kier alpha value is -3.41. The number of fused-ring (bicyclic) bond motifs is 1. The maximum absolute atomic E-state index is 12.0. The van der Waals surface area contributed by atoms with Gasteiger partial charge in [-0.3, -0.25) is 4.98 Å². The van der Waals surface area contributed by atoms with Crippen LogP contribution in [0.5, 0.6) is 0 Å². The van der Waals surface area contributed by atoms with E-state index in [4.69, 9.17) is 4.74 Å². The fourth-order valence-electron chi connectivity index (χ4n) is 2.66. The number of rotatable bonds is 6. The number of nitrogens with one attached hydrogen (secondary N) is 1. The molecule has 0 radical (unpaired) electrons. The number of amides is 1. The highest BCUT2D eigenvalue weighted by Crippen LogP contribution is 2.18. The van der Waals surface area contributed by atoms with Crippen LogP contribution in [0.25, 0.3) is 10.9 Å². The topological polar surface area (TPSA) is 88.5 Å². The lowest BCUT2D eigenvalue weighted by atomic mass is 10.0. The zero-order valence-corrected chi connectivity index (χ0v) is 14.0. The van der Waals surface area contributed by atoms with E-state index in [9.17, 15) is 14.7 Å². The monoisotopic (exact) mass is 350 g/mol. The van der Waals surface area contributed by atoms with Crippen molar-refractivity contribution < 1.29 is 19.4 Å². The molecule has 0 saturated heterocycles. The van der Waals surface area contributed by atoms with Crippen LogP contribution in [0, 0.1) is 0 Å². The highest BCUT2D eigenvalue weighted by atomic mass is 16.5. The van der Waals surface area contributed by atoms with Crippen LogP contribution in [0.15, 0.2) is 66.9 Å². The van der Waals surface area contributed by atoms with Crippen LogP contribution in [0.2, 0.25) is 0 Å². The van der Waals surface area contributed by atoms with Crippen molar-refractivity contribution in [2.75, 3.05) is 0 Å². The summed E-state index contributed by atoms with van der Waals surface area (Å²) < 4.78 is 5.11. The summed E-state index contributed by atoms with van der Waals surface area (Å²) in [5.74, 6) is -1.12. The Kier molecular flexibility index (Phi) is 5.43. The number of nitrogens with zero attached hydrogens (tertiary/aromatic N) is 1. The SMILES string of the molecule is O=C(N[C@@H](Cc1ccnc2ccccc12)C(=O)O)OCc1ccccc1. The van der Waals surface area contributed by atoms with Gasteiger partial charge in [0.05, 0.1) is 5.52 Å². The van der Waals surface area contributed by atoms with Gasteiger partial charge in [0.2, 0.25) is 0 Å². The molecular weight excluding hydrogens is 332 g/mol. The summed E-state index contributed by atoms with van der Waals surface area (Å²) in [6.07, 6.45) is 1.00. The van der Waals surface area contributed by atoms with Crippen LogP contribution in [0.4, 0.5) is 4.79 Å². The molecule has 0 fully saturated rings. The lowest BCUT2D eigenvalue weighted by Crippen LogP contribution is -2.42. The molecule has 0 saturated carbocycles. The van der Waals surface area contributed by atoms with Crippen LogP contribution in [-0.4, -0.2) is 28.2 Å². The molecule has 2 aromatic carbocycles. The van der Waals surface area contributed by atoms with E-state index in [0.717, 1.165) is 22.0 Å². The van der Waals surface area contributed by atoms with E-state index in [0.29, 0.717) is 0 Å². The number of aliphatic carboxylic acids is 1. The summed E-state index contributed by atoms with van der Waals surface area (Å²) in [4.78, 5) is 27.8. The van der Waals surface area contributed by atoms with Gasteiger partial charge in [-0.2, -0.15) is 0 Å². The van der Waals surface area contributed by atoms with Crippen molar-refractivity contribution in [3.63, 3.8) is 0 Å². The van der Waals surface area contributed by atoms with E-state index < -0.39 is 18.1 Å². The van der Waals surface area contributed by atoms with Crippen molar-refractivity contribution in [3.8, 4) is 0 Å². The number of hydrogen-bond acceptors (Lipinski definition) is 4. The van der Waals surface area contributed by atoms with E-state index in [1.165, 1.54) is 0 Å². The van der Waals surface area contributed by atoms with Gasteiger partial charge in [-0.1, -0.05) is 48.5 Å². The Morgan fingerprint density at radius 3 is 2.54 bits per heavy atom. The molecule has 6 heteroatoms. The number of carboxylic acids is 1. The van der Waals surface area contributed by atoms with Crippen LogP contribution in [0.1, 0.15) is 11.1 Å². The van der Waals surface area contributed by atoms with Crippen molar-refractivity contribution in [3.05, 3.63) is 78.0 Å². The maximum Gasteiger partial charge on any atom is 0.408 e. The number of benzene rings is 2. The van der Waals surface area contributed by atoms with Crippen molar-refractivity contribution in [2.24, 2.45) is 0 Å². The molecule has 1 heterocycles. The van der Waals surface area contributed by atoms with Gasteiger partial charge in [0.15, 0.2) is 0 Å². The van der Waals surface area contributed by atoms with Gasteiger partial charge in [0.1, 0.15) is 12.6 Å². The molecule has 6 nitrogen and oxygen atoms in total. The molecule has 0 aliphatic rings. The number of ether oxygens (including phenoxy) is 1. The fraction of sp³-hybridized carbons (Fsp3) is 0.150. The number of pyridine rings is 1. The number of alkyl carbamates (subject to hydrolysis) is 1. The molecule has 26 heavy (non-hydrogen) atoms. The molecule has 0 aliphatic carbocycles. The highest BCUT2D eigenvalue weighted by Gasteiger charge is 2.22. The molecule has 1 amide bonds. The van der Waals surface area contributed by atoms with Crippen molar-refractivity contribution >= 4 is 23.0 Å². The largest absolute Gasteiger partial charge is 0.480 e. The average molecular weight is 350 g/mol. The van der Waals surface area contributed by atoms with Gasteiger partial charge < -0.3 is 15.2 Å². The Bertz CT molecular complexity index is 907. The molecular formula is C20H18N2O4. The smallest absolute Gasteiger partial charge is 0.408 e. The minimum atomic E-state index is -1.12. The minimum absolute atomic E-state index is 0.0806. The molecule has 3 rings (SSSR count). The number of aromatic nitrogens is 1. The van der Waals surface area contributed by atoms with Crippen molar-refractivity contribution in [1.82, 2.24) is 10.3 Å². The zero-order valence-electron chi connectivity index (χ0n) is 14.0. The maximum atomic E-state index is 12.0. The van der Waals surface area contributed by atoms with E-state index in [1.807, 2.05) is 54.6 Å². The molecule has 0 unspecified atom stereocenters. The number of carboxylic acid groups (broad SMARTS) is 1. The Balaban J connectivity index is 1.67. The third kappa shape index (κ3) is 4.36. The molecule has 132 valence electrons. The van der Waals surface area contributed by atoms with E-state index in [1.54, 1.807) is 12.3 Å². The van der Waals surface area contributed by atoms with Crippen LogP contribution in [0.3, 0.4) is 0 Å². The first-order valence-corrected chi connectivity index (χ1v) is 8.16. The Labute approximate surface area is 150 Å². The van der Waals surface area contributed by atoms with Crippen molar-refractivity contribution in [2.45, 2.75) is 19.1 Å². The first kappa shape index (κ1) is 17.4. The van der Waals surface area contributed by atoms with E-state index in [2.05, 4.69) is 10.3 Å². The van der Waals surface area contributed by atoms with E-state index in [-0.39, 0.29) is 13.0 Å². The van der Waals surface area contributed by atoms with Gasteiger partial charge >= 0.3 is 12.1 Å². The zero-order chi connectivity index (χ0) is 18.4. The van der Waals surface area contributed by atoms with Crippen LogP contribution in [-0.2, 0) is 22.6 Å². The second-order valence-electron chi connectivity index (χ2n) is 5.79. The lowest BCUT2D eigenvalue weighted by Gasteiger charge is -2.15. The molecule has 1 atom stereocenters. The van der Waals surface area contributed by atoms with Gasteiger partial charge in [0.25, 0.3) is 0 Å². The third-order valence-corrected chi connectivity index (χ3v) is 3.97. The highest BCUT2D eigenvalue weighted by molar-refractivity contribution is 5.84. The summed E-state index contributed by atoms with van der Waals surface area (Å²) in [7, 11) is 0. The van der Waals surface area contributed by atoms with Gasteiger partial charge in [-0.05, 0) is 23.3 Å². The number of carbonyl (C=O) groups excluding carboxylic acids is 1. The molecule has 2 N–H and O–H groups in total. The number of carbonyl (C=O) groups is 2. The molecule has 0 spiro atoms. The standard InChI is InChI=1S/C20H18N2O4/c23-19(24)18(22-20(25)26-13-14-6-2-1-3-7-14)12-15-10-11-21-17-9-5-4-8-16(15)17/h1-11,18H,12-13H2,(H,22,25)(H,23,24)/t18-/m0/s1. The quantitative estimate of drug-likeness (QED) is 0.713. The second-order valence-corrected chi connectivity index (χ2v) is 5.79. The Morgan fingerprint density at radius 2 is 1.77 bits per heavy atom. The lowest BCUT2D eigenvalue weighted by molar-refractivity contribution is -0.139. The normalized spacial score (nSPS) is 11.7. The average Bonchev–Trinajstić information content (AvgIpc) is 2.67. The molecule has 0 aliphatic heterocycles. The van der Waals surface area contributed by atoms with Gasteiger partial charge in [0, 0.05) is 18.0 Å². The predicted octanol–water partition coefficient (Wildman–Crippen LogP) is 3.16. The molecule has 0 bridgehead atoms. The van der Waals surface area contributed by atoms with Gasteiger partial charge in [-0.15, -0.1) is 0 Å². The second kappa shape index (κ2) is 8.11. The predicted molar refractivity (Wildman–Crippen MR) is 96.6 cm³/mol. The number of para-hydroxylation sites is 1. The summed E-state index contributed by atoms with van der Waals surface area (Å²) in [5, 5.41) is 12.7. The first-order valence-electron chi connectivity index (χ1n) is 8.16. The summed E-state index contributed by atoms with van der Waals surface area (Å²) in [6.45, 7) is 0.0806. The number of hydrogen-bond donors (Lipinski definition) is 2. The third-order valence-electron chi connectivity index (χ3n) is 3.97. The van der Waals surface area contributed by atoms with E-state index >= 15 is 0 Å². The van der Waals surface area contributed by atoms with Crippen LogP contribution >= 0.6 is 0 Å². The van der Waals surface area contributed by atoms with Crippen LogP contribution < -0.4 is 5.32 Å². The van der Waals surface area contributed by atoms with Crippen molar-refractivity contribution in [1.29, 1.82) is 0 Å². The summed E-state index contributed by atoms with van der Waals surface area (Å²) in [5.41, 5.74) is 2.40. The molecule has 3 aromatic rings. The fourth-order valence-corrected chi connectivity index (χ4v) is 2.66. The first-order chi connectivity index (χ1) is 12.6. The minimum Gasteiger partial charge on any atom is -0.480 e. The summed E-state index contributed by atoms with van der Waals surface area (Å²) in [6, 6.07) is 17.3. The molecule has 1 aromatic heterocycles. The van der Waals surface area contributed by atoms with Gasteiger partial charge in [-0.25, -0.2) is 9.59 Å². The Morgan fingerprint density at radius 1 is 1.04 bits per heavy atom. The summed E-state index contributed by atoms with van der Waals surface area (Å²) >= 11 is 0.